The first-order valence-electron chi connectivity index (χ1n) is 5.94. The summed E-state index contributed by atoms with van der Waals surface area (Å²) in [6.45, 7) is 2.01. The lowest BCUT2D eigenvalue weighted by atomic mass is 10.2. The lowest BCUT2D eigenvalue weighted by molar-refractivity contribution is 0.0966. The average molecular weight is 289 g/mol. The van der Waals surface area contributed by atoms with Crippen molar-refractivity contribution in [2.75, 3.05) is 0 Å². The zero-order valence-corrected chi connectivity index (χ0v) is 11.9. The van der Waals surface area contributed by atoms with Gasteiger partial charge in [0, 0.05) is 0 Å². The van der Waals surface area contributed by atoms with Gasteiger partial charge in [-0.05, 0) is 35.6 Å². The fraction of sp³-hybridized carbons (Fsp3) is 0.143. The van der Waals surface area contributed by atoms with Gasteiger partial charge in [0.25, 0.3) is 5.91 Å². The Bertz CT molecular complexity index is 810. The summed E-state index contributed by atoms with van der Waals surface area (Å²) >= 11 is 2.50. The number of carbonyl (C=O) groups excluding carboxylic acids is 1. The number of fused-ring (bicyclic) bond motifs is 1. The molecule has 0 aliphatic rings. The number of thiophene rings is 1. The minimum atomic E-state index is -0.221. The average Bonchev–Trinajstić information content (AvgIpc) is 3.00. The summed E-state index contributed by atoms with van der Waals surface area (Å²) in [5.41, 5.74) is 1.69. The molecule has 0 spiro atoms. The molecule has 5 heteroatoms. The number of carbonyl (C=O) groups is 1. The van der Waals surface area contributed by atoms with Crippen LogP contribution in [-0.4, -0.2) is 10.5 Å². The molecule has 0 aliphatic heterocycles. The summed E-state index contributed by atoms with van der Waals surface area (Å²) in [6.07, 6.45) is 0.793. The number of thiazole rings is 1. The van der Waals surface area contributed by atoms with Crippen molar-refractivity contribution in [1.82, 2.24) is 4.57 Å². The molecule has 3 rings (SSSR count). The number of hydrogen-bond acceptors (Lipinski definition) is 4. The lowest BCUT2D eigenvalue weighted by Crippen LogP contribution is -2.22. The minimum absolute atomic E-state index is 0.214. The second-order valence-corrected chi connectivity index (χ2v) is 6.01. The normalized spacial score (nSPS) is 11.0. The van der Waals surface area contributed by atoms with E-state index in [0.717, 1.165) is 28.0 Å². The zero-order valence-electron chi connectivity index (χ0n) is 10.3. The van der Waals surface area contributed by atoms with Gasteiger partial charge in [-0.15, -0.1) is 11.3 Å². The van der Waals surface area contributed by atoms with E-state index in [1.807, 2.05) is 42.6 Å². The third-order valence-electron chi connectivity index (χ3n) is 3.01. The van der Waals surface area contributed by atoms with Crippen LogP contribution in [0, 0.1) is 0 Å². The second kappa shape index (κ2) is 4.75. The van der Waals surface area contributed by atoms with E-state index in [4.69, 9.17) is 0 Å². The molecule has 0 radical (unpaired) electrons. The maximum atomic E-state index is 12.6. The summed E-state index contributed by atoms with van der Waals surface area (Å²) in [5, 5.41) is 1.89. The van der Waals surface area contributed by atoms with E-state index in [-0.39, 0.29) is 10.8 Å². The highest BCUT2D eigenvalue weighted by atomic mass is 32.1. The molecule has 0 atom stereocenters. The summed E-state index contributed by atoms with van der Waals surface area (Å²) in [6, 6.07) is 9.32. The van der Waals surface area contributed by atoms with Crippen LogP contribution in [0.25, 0.3) is 10.2 Å². The predicted octanol–water partition coefficient (Wildman–Crippen LogP) is 3.38. The van der Waals surface area contributed by atoms with Gasteiger partial charge in [-0.3, -0.25) is 9.59 Å². The minimum Gasteiger partial charge on any atom is -0.267 e. The van der Waals surface area contributed by atoms with Crippen molar-refractivity contribution in [3.8, 4) is 0 Å². The van der Waals surface area contributed by atoms with Gasteiger partial charge in [-0.25, -0.2) is 4.57 Å². The molecule has 0 saturated heterocycles. The molecule has 0 amide bonds. The first-order valence-corrected chi connectivity index (χ1v) is 7.63. The van der Waals surface area contributed by atoms with Gasteiger partial charge in [0.15, 0.2) is 0 Å². The quantitative estimate of drug-likeness (QED) is 0.725. The van der Waals surface area contributed by atoms with Crippen molar-refractivity contribution in [3.63, 3.8) is 0 Å². The molecule has 2 aromatic heterocycles. The molecule has 1 aromatic carbocycles. The number of para-hydroxylation sites is 1. The lowest BCUT2D eigenvalue weighted by Gasteiger charge is -2.02. The molecule has 2 heterocycles. The molecular formula is C14H11NO2S2. The number of rotatable bonds is 2. The third kappa shape index (κ3) is 1.95. The van der Waals surface area contributed by atoms with Crippen molar-refractivity contribution >= 4 is 38.8 Å². The van der Waals surface area contributed by atoms with E-state index in [1.54, 1.807) is 0 Å². The zero-order chi connectivity index (χ0) is 13.4. The second-order valence-electron chi connectivity index (χ2n) is 4.10. The van der Waals surface area contributed by atoms with Gasteiger partial charge in [0.2, 0.25) is 0 Å². The van der Waals surface area contributed by atoms with Crippen LogP contribution in [0.2, 0.25) is 0 Å². The number of aryl methyl sites for hydroxylation is 1. The smallest absolute Gasteiger partial charge is 0.267 e. The Balaban J connectivity index is 2.22. The van der Waals surface area contributed by atoms with Gasteiger partial charge in [-0.1, -0.05) is 30.4 Å². The summed E-state index contributed by atoms with van der Waals surface area (Å²) in [7, 11) is 0. The molecule has 3 nitrogen and oxygen atoms in total. The summed E-state index contributed by atoms with van der Waals surface area (Å²) < 4.78 is 2.13. The van der Waals surface area contributed by atoms with Gasteiger partial charge in [0.1, 0.15) is 0 Å². The van der Waals surface area contributed by atoms with Gasteiger partial charge in [0.05, 0.1) is 15.1 Å². The largest absolute Gasteiger partial charge is 0.315 e. The molecule has 96 valence electrons. The number of aromatic nitrogens is 1. The Morgan fingerprint density at radius 2 is 2.05 bits per heavy atom. The van der Waals surface area contributed by atoms with E-state index in [9.17, 15) is 9.59 Å². The van der Waals surface area contributed by atoms with Crippen molar-refractivity contribution in [3.05, 3.63) is 55.8 Å². The standard InChI is InChI=1S/C14H11NO2S2/c1-2-9-7-8-18-12(9)13(16)15-10-5-3-4-6-11(10)19-14(15)17/h3-8H,2H2,1H3. The highest BCUT2D eigenvalue weighted by molar-refractivity contribution is 7.16. The molecule has 0 bridgehead atoms. The van der Waals surface area contributed by atoms with E-state index >= 15 is 0 Å². The first-order chi connectivity index (χ1) is 9.22. The van der Waals surface area contributed by atoms with Crippen LogP contribution in [0.5, 0.6) is 0 Å². The Hall–Kier alpha value is -1.72. The fourth-order valence-electron chi connectivity index (χ4n) is 2.06. The van der Waals surface area contributed by atoms with Crippen molar-refractivity contribution in [1.29, 1.82) is 0 Å². The summed E-state index contributed by atoms with van der Waals surface area (Å²) in [4.78, 5) is 25.0. The molecule has 0 fully saturated rings. The maximum Gasteiger partial charge on any atom is 0.315 e. The molecule has 0 unspecified atom stereocenters. The van der Waals surface area contributed by atoms with E-state index < -0.39 is 0 Å². The Labute approximate surface area is 117 Å². The monoisotopic (exact) mass is 289 g/mol. The van der Waals surface area contributed by atoms with E-state index in [2.05, 4.69) is 0 Å². The maximum absolute atomic E-state index is 12.6. The molecule has 0 aliphatic carbocycles. The summed E-state index contributed by atoms with van der Waals surface area (Å²) in [5.74, 6) is -0.214. The third-order valence-corrected chi connectivity index (χ3v) is 4.88. The van der Waals surface area contributed by atoms with Gasteiger partial charge < -0.3 is 0 Å². The predicted molar refractivity (Wildman–Crippen MR) is 79.5 cm³/mol. The first kappa shape index (κ1) is 12.3. The van der Waals surface area contributed by atoms with E-state index in [0.29, 0.717) is 10.4 Å². The fourth-order valence-corrected chi connectivity index (χ4v) is 3.86. The highest BCUT2D eigenvalue weighted by Gasteiger charge is 2.19. The molecule has 0 saturated carbocycles. The van der Waals surface area contributed by atoms with Crippen molar-refractivity contribution in [2.45, 2.75) is 13.3 Å². The van der Waals surface area contributed by atoms with Crippen LogP contribution in [-0.2, 0) is 6.42 Å². The van der Waals surface area contributed by atoms with Crippen LogP contribution in [0.1, 0.15) is 22.2 Å². The van der Waals surface area contributed by atoms with Gasteiger partial charge >= 0.3 is 4.87 Å². The Morgan fingerprint density at radius 1 is 1.26 bits per heavy atom. The van der Waals surface area contributed by atoms with Crippen LogP contribution in [0.3, 0.4) is 0 Å². The van der Waals surface area contributed by atoms with Crippen LogP contribution < -0.4 is 4.87 Å². The Morgan fingerprint density at radius 3 is 2.84 bits per heavy atom. The Kier molecular flexibility index (Phi) is 3.08. The number of benzene rings is 1. The van der Waals surface area contributed by atoms with Crippen LogP contribution in [0.4, 0.5) is 0 Å². The molecule has 19 heavy (non-hydrogen) atoms. The van der Waals surface area contributed by atoms with Crippen LogP contribution >= 0.6 is 22.7 Å². The molecule has 0 N–H and O–H groups in total. The van der Waals surface area contributed by atoms with E-state index in [1.165, 1.54) is 15.9 Å². The van der Waals surface area contributed by atoms with Gasteiger partial charge in [-0.2, -0.15) is 0 Å². The highest BCUT2D eigenvalue weighted by Crippen LogP contribution is 2.22. The number of hydrogen-bond donors (Lipinski definition) is 0. The van der Waals surface area contributed by atoms with Crippen molar-refractivity contribution < 1.29 is 4.79 Å². The number of nitrogens with zero attached hydrogens (tertiary/aromatic N) is 1. The molecule has 3 aromatic rings. The topological polar surface area (TPSA) is 39.1 Å². The van der Waals surface area contributed by atoms with Crippen LogP contribution in [0.15, 0.2) is 40.5 Å². The molecular weight excluding hydrogens is 278 g/mol. The SMILES string of the molecule is CCc1ccsc1C(=O)n1c(=O)sc2ccccc21. The van der Waals surface area contributed by atoms with Crippen molar-refractivity contribution in [2.24, 2.45) is 0 Å².